The minimum Gasteiger partial charge on any atom is -0.342 e. The van der Waals surface area contributed by atoms with Gasteiger partial charge in [0.25, 0.3) is 0 Å². The highest BCUT2D eigenvalue weighted by Crippen LogP contribution is 2.30. The van der Waals surface area contributed by atoms with Crippen LogP contribution in [0.2, 0.25) is 0 Å². The Labute approximate surface area is 178 Å². The molecule has 2 fully saturated rings. The molecule has 2 aliphatic heterocycles. The van der Waals surface area contributed by atoms with E-state index in [1.807, 2.05) is 23.1 Å². The average molecular weight is 409 g/mol. The molecule has 2 saturated heterocycles. The molecule has 0 aliphatic carbocycles. The molecule has 0 aromatic carbocycles. The van der Waals surface area contributed by atoms with E-state index in [4.69, 9.17) is 9.97 Å². The van der Waals surface area contributed by atoms with Gasteiger partial charge in [-0.15, -0.1) is 0 Å². The van der Waals surface area contributed by atoms with Crippen LogP contribution in [0.3, 0.4) is 0 Å². The maximum Gasteiger partial charge on any atom is 0.227 e. The number of piperidine rings is 2. The Kier molecular flexibility index (Phi) is 6.16. The summed E-state index contributed by atoms with van der Waals surface area (Å²) in [6, 6.07) is 6.03. The van der Waals surface area contributed by atoms with Crippen LogP contribution in [0.4, 0.5) is 17.6 Å². The van der Waals surface area contributed by atoms with Crippen LogP contribution in [0.5, 0.6) is 0 Å². The van der Waals surface area contributed by atoms with Gasteiger partial charge in [-0.3, -0.25) is 4.79 Å². The van der Waals surface area contributed by atoms with E-state index in [1.54, 1.807) is 13.1 Å². The maximum atomic E-state index is 11.9. The van der Waals surface area contributed by atoms with E-state index in [2.05, 4.69) is 29.0 Å². The molecule has 1 atom stereocenters. The summed E-state index contributed by atoms with van der Waals surface area (Å²) in [6.45, 7) is 9.55. The topological polar surface area (TPSA) is 74.2 Å². The second-order valence-corrected chi connectivity index (χ2v) is 8.80. The van der Waals surface area contributed by atoms with Crippen molar-refractivity contribution >= 4 is 23.5 Å². The summed E-state index contributed by atoms with van der Waals surface area (Å²) in [4.78, 5) is 30.4. The van der Waals surface area contributed by atoms with Crippen LogP contribution < -0.4 is 10.2 Å². The van der Waals surface area contributed by atoms with Gasteiger partial charge >= 0.3 is 0 Å². The molecule has 4 heterocycles. The first-order valence-electron chi connectivity index (χ1n) is 11.1. The Morgan fingerprint density at radius 3 is 2.63 bits per heavy atom. The standard InChI is InChI=1S/C23H32N6O/c1-16-7-11-28(12-8-16)23-25-20(19-5-4-10-29(15-19)18(3)30)14-22(27-23)26-21-13-17(2)6-9-24-21/h6,9,13-14,16,19H,4-5,7-8,10-12,15H2,1-3H3,(H,24,25,26,27). The number of rotatable bonds is 4. The van der Waals surface area contributed by atoms with Crippen molar-refractivity contribution in [3.05, 3.63) is 35.7 Å². The maximum absolute atomic E-state index is 11.9. The highest BCUT2D eigenvalue weighted by atomic mass is 16.2. The molecule has 30 heavy (non-hydrogen) atoms. The van der Waals surface area contributed by atoms with Gasteiger partial charge in [-0.2, -0.15) is 4.98 Å². The Morgan fingerprint density at radius 1 is 1.10 bits per heavy atom. The second-order valence-electron chi connectivity index (χ2n) is 8.80. The molecule has 1 N–H and O–H groups in total. The van der Waals surface area contributed by atoms with E-state index in [1.165, 1.54) is 0 Å². The van der Waals surface area contributed by atoms with Crippen LogP contribution in [-0.2, 0) is 4.79 Å². The van der Waals surface area contributed by atoms with E-state index in [-0.39, 0.29) is 11.8 Å². The van der Waals surface area contributed by atoms with Crippen molar-refractivity contribution in [3.63, 3.8) is 0 Å². The fourth-order valence-corrected chi connectivity index (χ4v) is 4.32. The van der Waals surface area contributed by atoms with Crippen molar-refractivity contribution in [2.45, 2.75) is 52.4 Å². The van der Waals surface area contributed by atoms with Crippen LogP contribution in [-0.4, -0.2) is 51.9 Å². The number of likely N-dealkylation sites (tertiary alicyclic amines) is 1. The quantitative estimate of drug-likeness (QED) is 0.827. The van der Waals surface area contributed by atoms with Gasteiger partial charge in [0.15, 0.2) is 0 Å². The zero-order valence-electron chi connectivity index (χ0n) is 18.3. The van der Waals surface area contributed by atoms with Crippen molar-refractivity contribution < 1.29 is 4.79 Å². The predicted molar refractivity (Wildman–Crippen MR) is 119 cm³/mol. The number of aryl methyl sites for hydroxylation is 1. The summed E-state index contributed by atoms with van der Waals surface area (Å²) in [5.41, 5.74) is 2.16. The van der Waals surface area contributed by atoms with Gasteiger partial charge < -0.3 is 15.1 Å². The smallest absolute Gasteiger partial charge is 0.227 e. The summed E-state index contributed by atoms with van der Waals surface area (Å²) in [5, 5.41) is 3.38. The normalized spacial score (nSPS) is 20.3. The molecule has 4 rings (SSSR count). The van der Waals surface area contributed by atoms with Crippen molar-refractivity contribution in [2.75, 3.05) is 36.4 Å². The highest BCUT2D eigenvalue weighted by Gasteiger charge is 2.26. The molecule has 2 aromatic rings. The molecule has 2 aromatic heterocycles. The number of aromatic nitrogens is 3. The molecule has 2 aliphatic rings. The fourth-order valence-electron chi connectivity index (χ4n) is 4.32. The average Bonchev–Trinajstić information content (AvgIpc) is 2.74. The lowest BCUT2D eigenvalue weighted by Gasteiger charge is -2.33. The van der Waals surface area contributed by atoms with Crippen LogP contribution >= 0.6 is 0 Å². The Morgan fingerprint density at radius 2 is 1.90 bits per heavy atom. The van der Waals surface area contributed by atoms with Crippen molar-refractivity contribution in [2.24, 2.45) is 5.92 Å². The number of anilines is 3. The molecular formula is C23H32N6O. The van der Waals surface area contributed by atoms with Gasteiger partial charge in [-0.25, -0.2) is 9.97 Å². The lowest BCUT2D eigenvalue weighted by atomic mass is 9.94. The molecule has 7 heteroatoms. The third-order valence-electron chi connectivity index (χ3n) is 6.26. The summed E-state index contributed by atoms with van der Waals surface area (Å²) >= 11 is 0. The number of amides is 1. The van der Waals surface area contributed by atoms with Crippen LogP contribution in [0.15, 0.2) is 24.4 Å². The molecule has 1 unspecified atom stereocenters. The SMILES string of the molecule is CC(=O)N1CCCC(c2cc(Nc3cc(C)ccn3)nc(N3CCC(C)CC3)n2)C1. The Hall–Kier alpha value is -2.70. The molecule has 160 valence electrons. The van der Waals surface area contributed by atoms with Crippen molar-refractivity contribution in [1.82, 2.24) is 19.9 Å². The molecule has 0 radical (unpaired) electrons. The lowest BCUT2D eigenvalue weighted by Crippen LogP contribution is -2.38. The van der Waals surface area contributed by atoms with Crippen molar-refractivity contribution in [3.8, 4) is 0 Å². The van der Waals surface area contributed by atoms with E-state index >= 15 is 0 Å². The first-order chi connectivity index (χ1) is 14.5. The fraction of sp³-hybridized carbons (Fsp3) is 0.565. The number of hydrogen-bond acceptors (Lipinski definition) is 6. The van der Waals surface area contributed by atoms with Gasteiger partial charge in [0.2, 0.25) is 11.9 Å². The van der Waals surface area contributed by atoms with Crippen molar-refractivity contribution in [1.29, 1.82) is 0 Å². The summed E-state index contributed by atoms with van der Waals surface area (Å²) < 4.78 is 0. The monoisotopic (exact) mass is 408 g/mol. The number of nitrogens with one attached hydrogen (secondary N) is 1. The Balaban J connectivity index is 1.64. The Bertz CT molecular complexity index is 893. The minimum atomic E-state index is 0.140. The second kappa shape index (κ2) is 8.98. The van der Waals surface area contributed by atoms with Gasteiger partial charge in [0, 0.05) is 51.3 Å². The predicted octanol–water partition coefficient (Wildman–Crippen LogP) is 3.89. The third kappa shape index (κ3) is 4.89. The highest BCUT2D eigenvalue weighted by molar-refractivity contribution is 5.73. The number of carbonyl (C=O) groups excluding carboxylic acids is 1. The molecule has 7 nitrogen and oxygen atoms in total. The van der Waals surface area contributed by atoms with Gasteiger partial charge in [-0.1, -0.05) is 6.92 Å². The van der Waals surface area contributed by atoms with E-state index in [9.17, 15) is 4.79 Å². The van der Waals surface area contributed by atoms with E-state index in [0.717, 1.165) is 86.6 Å². The zero-order chi connectivity index (χ0) is 21.1. The molecule has 0 spiro atoms. The number of hydrogen-bond donors (Lipinski definition) is 1. The molecular weight excluding hydrogens is 376 g/mol. The largest absolute Gasteiger partial charge is 0.342 e. The summed E-state index contributed by atoms with van der Waals surface area (Å²) in [6.07, 6.45) is 6.18. The lowest BCUT2D eigenvalue weighted by molar-refractivity contribution is -0.130. The summed E-state index contributed by atoms with van der Waals surface area (Å²) in [7, 11) is 0. The van der Waals surface area contributed by atoms with E-state index < -0.39 is 0 Å². The number of nitrogens with zero attached hydrogens (tertiary/aromatic N) is 5. The van der Waals surface area contributed by atoms with E-state index in [0.29, 0.717) is 0 Å². The van der Waals surface area contributed by atoms with Crippen LogP contribution in [0, 0.1) is 12.8 Å². The molecule has 1 amide bonds. The zero-order valence-corrected chi connectivity index (χ0v) is 18.3. The molecule has 0 bridgehead atoms. The minimum absolute atomic E-state index is 0.140. The molecule has 0 saturated carbocycles. The summed E-state index contributed by atoms with van der Waals surface area (Å²) in [5.74, 6) is 3.47. The van der Waals surface area contributed by atoms with Gasteiger partial charge in [-0.05, 0) is 56.2 Å². The van der Waals surface area contributed by atoms with Crippen LogP contribution in [0.1, 0.15) is 56.7 Å². The number of pyridine rings is 1. The third-order valence-corrected chi connectivity index (χ3v) is 6.26. The first kappa shape index (κ1) is 20.6. The van der Waals surface area contributed by atoms with Gasteiger partial charge in [0.1, 0.15) is 11.6 Å². The first-order valence-corrected chi connectivity index (χ1v) is 11.1. The number of carbonyl (C=O) groups is 1. The van der Waals surface area contributed by atoms with Crippen LogP contribution in [0.25, 0.3) is 0 Å². The van der Waals surface area contributed by atoms with Gasteiger partial charge in [0.05, 0.1) is 5.69 Å².